The fraction of sp³-hybridized carbons (Fsp3) is 0.143. The lowest BCUT2D eigenvalue weighted by Crippen LogP contribution is -2.19. The SMILES string of the molecule is C=CC(=O)NCc1cnc(-c2ccc(C(F)(F)F)cc2)s1. The molecular weight excluding hydrogens is 301 g/mol. The molecule has 1 amide bonds. The Kier molecular flexibility index (Phi) is 4.42. The molecule has 0 bridgehead atoms. The van der Waals surface area contributed by atoms with Crippen LogP contribution in [0.5, 0.6) is 0 Å². The van der Waals surface area contributed by atoms with E-state index < -0.39 is 11.7 Å². The average Bonchev–Trinajstić information content (AvgIpc) is 2.93. The van der Waals surface area contributed by atoms with Gasteiger partial charge in [-0.3, -0.25) is 4.79 Å². The topological polar surface area (TPSA) is 42.0 Å². The first-order valence-electron chi connectivity index (χ1n) is 5.93. The summed E-state index contributed by atoms with van der Waals surface area (Å²) in [6, 6.07) is 4.81. The Morgan fingerprint density at radius 3 is 2.57 bits per heavy atom. The quantitative estimate of drug-likeness (QED) is 0.876. The maximum atomic E-state index is 12.5. The van der Waals surface area contributed by atoms with Crippen LogP contribution in [0.4, 0.5) is 13.2 Å². The van der Waals surface area contributed by atoms with Gasteiger partial charge in [0.25, 0.3) is 0 Å². The van der Waals surface area contributed by atoms with Gasteiger partial charge >= 0.3 is 6.18 Å². The van der Waals surface area contributed by atoms with Crippen LogP contribution in [0.1, 0.15) is 10.4 Å². The number of alkyl halides is 3. The normalized spacial score (nSPS) is 11.2. The van der Waals surface area contributed by atoms with Crippen molar-refractivity contribution in [2.45, 2.75) is 12.7 Å². The van der Waals surface area contributed by atoms with Crippen molar-refractivity contribution >= 4 is 17.2 Å². The van der Waals surface area contributed by atoms with Crippen molar-refractivity contribution in [3.05, 3.63) is 53.6 Å². The third kappa shape index (κ3) is 3.91. The van der Waals surface area contributed by atoms with Gasteiger partial charge in [-0.2, -0.15) is 13.2 Å². The third-order valence-electron chi connectivity index (χ3n) is 2.63. The molecule has 1 aromatic carbocycles. The van der Waals surface area contributed by atoms with Crippen LogP contribution >= 0.6 is 11.3 Å². The number of carbonyl (C=O) groups is 1. The largest absolute Gasteiger partial charge is 0.416 e. The van der Waals surface area contributed by atoms with E-state index in [1.165, 1.54) is 23.5 Å². The number of nitrogens with zero attached hydrogens (tertiary/aromatic N) is 1. The summed E-state index contributed by atoms with van der Waals surface area (Å²) >= 11 is 1.31. The number of nitrogens with one attached hydrogen (secondary N) is 1. The van der Waals surface area contributed by atoms with Crippen LogP contribution in [0.2, 0.25) is 0 Å². The first-order valence-corrected chi connectivity index (χ1v) is 6.74. The minimum atomic E-state index is -4.35. The van der Waals surface area contributed by atoms with E-state index >= 15 is 0 Å². The van der Waals surface area contributed by atoms with Gasteiger partial charge in [-0.1, -0.05) is 18.7 Å². The Bertz CT molecular complexity index is 647. The molecule has 0 atom stereocenters. The Morgan fingerprint density at radius 1 is 1.33 bits per heavy atom. The highest BCUT2D eigenvalue weighted by Gasteiger charge is 2.30. The predicted octanol–water partition coefficient (Wildman–Crippen LogP) is 3.63. The number of rotatable bonds is 4. The third-order valence-corrected chi connectivity index (χ3v) is 3.68. The van der Waals surface area contributed by atoms with Crippen molar-refractivity contribution < 1.29 is 18.0 Å². The maximum Gasteiger partial charge on any atom is 0.416 e. The molecule has 21 heavy (non-hydrogen) atoms. The second kappa shape index (κ2) is 6.09. The van der Waals surface area contributed by atoms with Gasteiger partial charge in [0.05, 0.1) is 12.1 Å². The Labute approximate surface area is 123 Å². The Morgan fingerprint density at radius 2 is 2.00 bits per heavy atom. The van der Waals surface area contributed by atoms with Crippen LogP contribution < -0.4 is 5.32 Å². The lowest BCUT2D eigenvalue weighted by Gasteiger charge is -2.06. The zero-order chi connectivity index (χ0) is 15.5. The van der Waals surface area contributed by atoms with Crippen LogP contribution in [0.3, 0.4) is 0 Å². The van der Waals surface area contributed by atoms with Crippen molar-refractivity contribution in [2.24, 2.45) is 0 Å². The molecule has 2 aromatic rings. The maximum absolute atomic E-state index is 12.5. The number of thiazole rings is 1. The molecule has 0 radical (unpaired) electrons. The molecule has 110 valence electrons. The minimum Gasteiger partial charge on any atom is -0.348 e. The number of halogens is 3. The summed E-state index contributed by atoms with van der Waals surface area (Å²) in [5.41, 5.74) is -0.0874. The summed E-state index contributed by atoms with van der Waals surface area (Å²) < 4.78 is 37.4. The number of amides is 1. The first-order chi connectivity index (χ1) is 9.90. The highest BCUT2D eigenvalue weighted by atomic mass is 32.1. The summed E-state index contributed by atoms with van der Waals surface area (Å²) in [7, 11) is 0. The van der Waals surface area contributed by atoms with Crippen LogP contribution in [-0.4, -0.2) is 10.9 Å². The van der Waals surface area contributed by atoms with E-state index in [0.717, 1.165) is 23.1 Å². The highest BCUT2D eigenvalue weighted by Crippen LogP contribution is 2.32. The second-order valence-electron chi connectivity index (χ2n) is 4.13. The summed E-state index contributed by atoms with van der Waals surface area (Å²) in [5.74, 6) is -0.292. The summed E-state index contributed by atoms with van der Waals surface area (Å²) in [5, 5.41) is 3.21. The number of aromatic nitrogens is 1. The van der Waals surface area contributed by atoms with E-state index in [-0.39, 0.29) is 5.91 Å². The zero-order valence-corrected chi connectivity index (χ0v) is 11.6. The fourth-order valence-electron chi connectivity index (χ4n) is 1.57. The summed E-state index contributed by atoms with van der Waals surface area (Å²) in [4.78, 5) is 16.0. The Hall–Kier alpha value is -2.15. The van der Waals surface area contributed by atoms with E-state index in [1.807, 2.05) is 0 Å². The Balaban J connectivity index is 2.10. The molecule has 1 heterocycles. The molecule has 0 unspecified atom stereocenters. The van der Waals surface area contributed by atoms with Crippen LogP contribution in [0.15, 0.2) is 43.1 Å². The van der Waals surface area contributed by atoms with E-state index in [2.05, 4.69) is 16.9 Å². The van der Waals surface area contributed by atoms with E-state index in [9.17, 15) is 18.0 Å². The van der Waals surface area contributed by atoms with E-state index in [0.29, 0.717) is 17.1 Å². The van der Waals surface area contributed by atoms with E-state index in [1.54, 1.807) is 6.20 Å². The zero-order valence-electron chi connectivity index (χ0n) is 10.8. The van der Waals surface area contributed by atoms with Crippen LogP contribution in [-0.2, 0) is 17.5 Å². The predicted molar refractivity (Wildman–Crippen MR) is 74.6 cm³/mol. The molecule has 0 saturated carbocycles. The molecule has 0 aliphatic rings. The van der Waals surface area contributed by atoms with Gasteiger partial charge in [0, 0.05) is 16.6 Å². The number of hydrogen-bond donors (Lipinski definition) is 1. The molecule has 3 nitrogen and oxygen atoms in total. The van der Waals surface area contributed by atoms with Crippen molar-refractivity contribution in [1.29, 1.82) is 0 Å². The number of carbonyl (C=O) groups excluding carboxylic acids is 1. The molecule has 7 heteroatoms. The van der Waals surface area contributed by atoms with Gasteiger partial charge in [-0.05, 0) is 18.2 Å². The van der Waals surface area contributed by atoms with Crippen molar-refractivity contribution in [2.75, 3.05) is 0 Å². The summed E-state index contributed by atoms with van der Waals surface area (Å²) in [6.07, 6.45) is -1.60. The van der Waals surface area contributed by atoms with Crippen molar-refractivity contribution in [3.8, 4) is 10.6 Å². The van der Waals surface area contributed by atoms with Gasteiger partial charge in [-0.25, -0.2) is 4.98 Å². The first kappa shape index (κ1) is 15.2. The summed E-state index contributed by atoms with van der Waals surface area (Å²) in [6.45, 7) is 3.65. The second-order valence-corrected chi connectivity index (χ2v) is 5.24. The molecule has 1 aromatic heterocycles. The minimum absolute atomic E-state index is 0.292. The molecule has 0 aliphatic heterocycles. The van der Waals surface area contributed by atoms with Crippen molar-refractivity contribution in [1.82, 2.24) is 10.3 Å². The van der Waals surface area contributed by atoms with Gasteiger partial charge in [0.15, 0.2) is 0 Å². The molecule has 2 rings (SSSR count). The lowest BCUT2D eigenvalue weighted by molar-refractivity contribution is -0.137. The molecule has 0 aliphatic carbocycles. The van der Waals surface area contributed by atoms with Gasteiger partial charge in [0.1, 0.15) is 5.01 Å². The van der Waals surface area contributed by atoms with Crippen LogP contribution in [0, 0.1) is 0 Å². The standard InChI is InChI=1S/C14H11F3N2OS/c1-2-12(20)18-7-11-8-19-13(21-11)9-3-5-10(6-4-9)14(15,16)17/h2-6,8H,1,7H2,(H,18,20). The van der Waals surface area contributed by atoms with Gasteiger partial charge in [0.2, 0.25) is 5.91 Å². The van der Waals surface area contributed by atoms with Gasteiger partial charge in [-0.15, -0.1) is 11.3 Å². The van der Waals surface area contributed by atoms with Gasteiger partial charge < -0.3 is 5.32 Å². The molecule has 0 fully saturated rings. The van der Waals surface area contributed by atoms with Crippen molar-refractivity contribution in [3.63, 3.8) is 0 Å². The smallest absolute Gasteiger partial charge is 0.348 e. The number of hydrogen-bond acceptors (Lipinski definition) is 3. The van der Waals surface area contributed by atoms with Crippen LogP contribution in [0.25, 0.3) is 10.6 Å². The monoisotopic (exact) mass is 312 g/mol. The lowest BCUT2D eigenvalue weighted by atomic mass is 10.1. The molecule has 0 spiro atoms. The molecule has 1 N–H and O–H groups in total. The highest BCUT2D eigenvalue weighted by molar-refractivity contribution is 7.15. The number of benzene rings is 1. The average molecular weight is 312 g/mol. The van der Waals surface area contributed by atoms with E-state index in [4.69, 9.17) is 0 Å². The molecular formula is C14H11F3N2OS. The fourth-order valence-corrected chi connectivity index (χ4v) is 2.43. The molecule has 0 saturated heterocycles.